The maximum atomic E-state index is 12.1. The van der Waals surface area contributed by atoms with Crippen LogP contribution in [0.5, 0.6) is 5.75 Å². The molecule has 0 aliphatic heterocycles. The lowest BCUT2D eigenvalue weighted by Crippen LogP contribution is -2.42. The maximum Gasteiger partial charge on any atom is 0.294 e. The standard InChI is InChI=1S/C16H13N5O4/c22-13-10-21(12-4-2-1-3-5-12)19-14(13)16(24)18-17-15(23)11-6-8-20(25)9-7-11/h1-10,22H,(H,17,23)(H,18,24). The molecule has 126 valence electrons. The maximum absolute atomic E-state index is 12.1. The van der Waals surface area contributed by atoms with Gasteiger partial charge in [0.1, 0.15) is 0 Å². The van der Waals surface area contributed by atoms with Gasteiger partial charge in [0, 0.05) is 12.1 Å². The molecule has 9 nitrogen and oxygen atoms in total. The number of hydrogen-bond donors (Lipinski definition) is 3. The number of rotatable bonds is 3. The minimum absolute atomic E-state index is 0.187. The van der Waals surface area contributed by atoms with Gasteiger partial charge >= 0.3 is 0 Å². The van der Waals surface area contributed by atoms with E-state index in [1.165, 1.54) is 23.0 Å². The van der Waals surface area contributed by atoms with E-state index in [9.17, 15) is 19.9 Å². The smallest absolute Gasteiger partial charge is 0.294 e. The van der Waals surface area contributed by atoms with Gasteiger partial charge in [-0.3, -0.25) is 20.4 Å². The van der Waals surface area contributed by atoms with Crippen LogP contribution in [0.1, 0.15) is 20.8 Å². The number of amides is 2. The van der Waals surface area contributed by atoms with E-state index in [-0.39, 0.29) is 17.0 Å². The predicted molar refractivity (Wildman–Crippen MR) is 85.6 cm³/mol. The zero-order valence-corrected chi connectivity index (χ0v) is 12.8. The molecule has 2 heterocycles. The molecule has 0 aliphatic carbocycles. The van der Waals surface area contributed by atoms with Crippen molar-refractivity contribution in [3.63, 3.8) is 0 Å². The van der Waals surface area contributed by atoms with Crippen LogP contribution in [0.3, 0.4) is 0 Å². The van der Waals surface area contributed by atoms with Crippen LogP contribution in [0.2, 0.25) is 0 Å². The number of aromatic hydroxyl groups is 1. The first-order valence-electron chi connectivity index (χ1n) is 7.18. The molecule has 0 spiro atoms. The van der Waals surface area contributed by atoms with E-state index in [1.54, 1.807) is 24.3 Å². The Morgan fingerprint density at radius 2 is 1.68 bits per heavy atom. The van der Waals surface area contributed by atoms with E-state index in [2.05, 4.69) is 16.0 Å². The summed E-state index contributed by atoms with van der Waals surface area (Å²) in [6, 6.07) is 11.5. The van der Waals surface area contributed by atoms with Crippen molar-refractivity contribution in [3.8, 4) is 11.4 Å². The highest BCUT2D eigenvalue weighted by Gasteiger charge is 2.18. The molecule has 3 aromatic rings. The van der Waals surface area contributed by atoms with Gasteiger partial charge in [-0.2, -0.15) is 9.83 Å². The predicted octanol–water partition coefficient (Wildman–Crippen LogP) is 0.286. The largest absolute Gasteiger partial charge is 0.619 e. The first-order valence-corrected chi connectivity index (χ1v) is 7.18. The summed E-state index contributed by atoms with van der Waals surface area (Å²) in [5.41, 5.74) is 4.95. The highest BCUT2D eigenvalue weighted by molar-refractivity contribution is 5.99. The Morgan fingerprint density at radius 3 is 2.36 bits per heavy atom. The van der Waals surface area contributed by atoms with Crippen molar-refractivity contribution in [1.29, 1.82) is 0 Å². The number of aromatic nitrogens is 3. The van der Waals surface area contributed by atoms with Crippen LogP contribution in [0, 0.1) is 5.21 Å². The summed E-state index contributed by atoms with van der Waals surface area (Å²) in [4.78, 5) is 24.0. The van der Waals surface area contributed by atoms with Crippen molar-refractivity contribution < 1.29 is 19.4 Å². The minimum atomic E-state index is -0.782. The molecule has 0 fully saturated rings. The lowest BCUT2D eigenvalue weighted by molar-refractivity contribution is -0.605. The Hall–Kier alpha value is -3.88. The molecule has 0 bridgehead atoms. The zero-order chi connectivity index (χ0) is 17.8. The van der Waals surface area contributed by atoms with Crippen molar-refractivity contribution in [2.75, 3.05) is 0 Å². The molecular weight excluding hydrogens is 326 g/mol. The van der Waals surface area contributed by atoms with Crippen molar-refractivity contribution in [2.24, 2.45) is 0 Å². The van der Waals surface area contributed by atoms with Crippen LogP contribution in [-0.4, -0.2) is 26.7 Å². The van der Waals surface area contributed by atoms with E-state index >= 15 is 0 Å². The Morgan fingerprint density at radius 1 is 1.04 bits per heavy atom. The van der Waals surface area contributed by atoms with Gasteiger partial charge in [0.2, 0.25) is 0 Å². The average Bonchev–Trinajstić information content (AvgIpc) is 3.02. The Balaban J connectivity index is 1.68. The molecule has 2 amide bonds. The normalized spacial score (nSPS) is 10.2. The summed E-state index contributed by atoms with van der Waals surface area (Å²) in [7, 11) is 0. The highest BCUT2D eigenvalue weighted by atomic mass is 16.5. The molecule has 9 heteroatoms. The van der Waals surface area contributed by atoms with Gasteiger partial charge in [0.25, 0.3) is 11.8 Å². The van der Waals surface area contributed by atoms with E-state index in [4.69, 9.17) is 0 Å². The van der Waals surface area contributed by atoms with Gasteiger partial charge in [0.05, 0.1) is 17.4 Å². The van der Waals surface area contributed by atoms with Crippen LogP contribution in [0.15, 0.2) is 61.1 Å². The fourth-order valence-electron chi connectivity index (χ4n) is 2.05. The molecule has 0 atom stereocenters. The third-order valence-corrected chi connectivity index (χ3v) is 3.28. The third kappa shape index (κ3) is 3.55. The number of pyridine rings is 1. The monoisotopic (exact) mass is 339 g/mol. The highest BCUT2D eigenvalue weighted by Crippen LogP contribution is 2.17. The van der Waals surface area contributed by atoms with Gasteiger partial charge in [-0.05, 0) is 12.1 Å². The molecular formula is C16H13N5O4. The summed E-state index contributed by atoms with van der Waals surface area (Å²) in [5, 5.41) is 24.8. The molecule has 3 N–H and O–H groups in total. The molecule has 2 aromatic heterocycles. The van der Waals surface area contributed by atoms with Gasteiger partial charge in [0.15, 0.2) is 23.8 Å². The van der Waals surface area contributed by atoms with E-state index in [0.29, 0.717) is 10.4 Å². The summed E-state index contributed by atoms with van der Waals surface area (Å²) < 4.78 is 1.87. The molecule has 0 saturated heterocycles. The number of benzene rings is 1. The zero-order valence-electron chi connectivity index (χ0n) is 12.8. The summed E-state index contributed by atoms with van der Waals surface area (Å²) in [6.45, 7) is 0. The Labute approximate surface area is 141 Å². The lowest BCUT2D eigenvalue weighted by Gasteiger charge is -2.06. The van der Waals surface area contributed by atoms with Crippen LogP contribution in [-0.2, 0) is 0 Å². The number of carbonyl (C=O) groups is 2. The number of hydrogen-bond acceptors (Lipinski definition) is 5. The number of nitrogens with one attached hydrogen (secondary N) is 2. The van der Waals surface area contributed by atoms with Gasteiger partial charge in [-0.15, -0.1) is 0 Å². The second kappa shape index (κ2) is 6.71. The van der Waals surface area contributed by atoms with Crippen LogP contribution < -0.4 is 15.6 Å². The van der Waals surface area contributed by atoms with E-state index in [1.807, 2.05) is 6.07 Å². The summed E-state index contributed by atoms with van der Waals surface area (Å²) in [6.07, 6.45) is 3.60. The number of carbonyl (C=O) groups excluding carboxylic acids is 2. The quantitative estimate of drug-likeness (QED) is 0.359. The Bertz CT molecular complexity index is 906. The summed E-state index contributed by atoms with van der Waals surface area (Å²) >= 11 is 0. The molecule has 0 unspecified atom stereocenters. The van der Waals surface area contributed by atoms with Gasteiger partial charge in [-0.25, -0.2) is 4.68 Å². The number of hydrazine groups is 1. The third-order valence-electron chi connectivity index (χ3n) is 3.28. The fourth-order valence-corrected chi connectivity index (χ4v) is 2.05. The molecule has 0 saturated carbocycles. The molecule has 0 radical (unpaired) electrons. The molecule has 1 aromatic carbocycles. The Kier molecular flexibility index (Phi) is 4.29. The lowest BCUT2D eigenvalue weighted by atomic mass is 10.2. The van der Waals surface area contributed by atoms with Crippen LogP contribution >= 0.6 is 0 Å². The first kappa shape index (κ1) is 16.0. The number of nitrogens with zero attached hydrogens (tertiary/aromatic N) is 3. The summed E-state index contributed by atoms with van der Waals surface area (Å²) in [5.74, 6) is -1.73. The van der Waals surface area contributed by atoms with E-state index < -0.39 is 11.8 Å². The minimum Gasteiger partial charge on any atom is -0.619 e. The topological polar surface area (TPSA) is 123 Å². The number of para-hydroxylation sites is 1. The average molecular weight is 339 g/mol. The van der Waals surface area contributed by atoms with Crippen molar-refractivity contribution in [3.05, 3.63) is 77.5 Å². The van der Waals surface area contributed by atoms with Crippen LogP contribution in [0.25, 0.3) is 5.69 Å². The first-order chi connectivity index (χ1) is 12.0. The van der Waals surface area contributed by atoms with Gasteiger partial charge < -0.3 is 10.3 Å². The second-order valence-corrected chi connectivity index (χ2v) is 5.00. The SMILES string of the molecule is O=C(NNC(=O)c1nn(-c2ccccc2)cc1O)c1cc[n+]([O-])cc1. The van der Waals surface area contributed by atoms with Crippen LogP contribution in [0.4, 0.5) is 0 Å². The molecule has 3 rings (SSSR count). The molecule has 25 heavy (non-hydrogen) atoms. The fraction of sp³-hybridized carbons (Fsp3) is 0. The molecule has 0 aliphatic rings. The van der Waals surface area contributed by atoms with E-state index in [0.717, 1.165) is 12.4 Å². The van der Waals surface area contributed by atoms with Crippen molar-refractivity contribution >= 4 is 11.8 Å². The second-order valence-electron chi connectivity index (χ2n) is 5.00. The van der Waals surface area contributed by atoms with Crippen molar-refractivity contribution in [2.45, 2.75) is 0 Å². The van der Waals surface area contributed by atoms with Gasteiger partial charge in [-0.1, -0.05) is 18.2 Å². The van der Waals surface area contributed by atoms with Crippen molar-refractivity contribution in [1.82, 2.24) is 20.6 Å².